The molecule has 0 unspecified atom stereocenters. The highest BCUT2D eigenvalue weighted by molar-refractivity contribution is 5.79. The summed E-state index contributed by atoms with van der Waals surface area (Å²) in [6.07, 6.45) is 4.14. The van der Waals surface area contributed by atoms with Crippen molar-refractivity contribution in [1.29, 1.82) is 0 Å². The smallest absolute Gasteiger partial charge is 0.164 e. The van der Waals surface area contributed by atoms with Crippen molar-refractivity contribution in [2.24, 2.45) is 5.73 Å². The number of rotatable bonds is 3. The van der Waals surface area contributed by atoms with Gasteiger partial charge in [-0.1, -0.05) is 0 Å². The maximum atomic E-state index is 5.72. The largest absolute Gasteiger partial charge is 0.494 e. The molecule has 0 amide bonds. The minimum atomic E-state index is 0.440. The molecule has 0 bridgehead atoms. The van der Waals surface area contributed by atoms with E-state index in [1.165, 1.54) is 12.8 Å². The summed E-state index contributed by atoms with van der Waals surface area (Å²) in [7, 11) is 1.65. The van der Waals surface area contributed by atoms with Crippen molar-refractivity contribution >= 4 is 11.2 Å². The first kappa shape index (κ1) is 9.59. The number of ether oxygens (including phenoxy) is 1. The van der Waals surface area contributed by atoms with E-state index < -0.39 is 0 Å². The third-order valence-electron chi connectivity index (χ3n) is 2.93. The quantitative estimate of drug-likeness (QED) is 0.841. The molecule has 1 aliphatic carbocycles. The predicted octanol–water partition coefficient (Wildman–Crippen LogP) is 1.23. The number of imidazole rings is 1. The Balaban J connectivity index is 2.29. The zero-order valence-electron chi connectivity index (χ0n) is 9.18. The summed E-state index contributed by atoms with van der Waals surface area (Å²) in [5.41, 5.74) is 7.43. The average molecular weight is 218 g/mol. The van der Waals surface area contributed by atoms with E-state index in [0.29, 0.717) is 12.6 Å². The van der Waals surface area contributed by atoms with Gasteiger partial charge in [-0.3, -0.25) is 0 Å². The van der Waals surface area contributed by atoms with Crippen molar-refractivity contribution in [3.63, 3.8) is 0 Å². The molecule has 84 valence electrons. The van der Waals surface area contributed by atoms with E-state index in [4.69, 9.17) is 10.5 Å². The molecule has 0 saturated heterocycles. The Labute approximate surface area is 93.2 Å². The molecule has 2 N–H and O–H groups in total. The van der Waals surface area contributed by atoms with Crippen molar-refractivity contribution in [3.05, 3.63) is 18.1 Å². The van der Waals surface area contributed by atoms with Crippen LogP contribution in [0.3, 0.4) is 0 Å². The van der Waals surface area contributed by atoms with E-state index in [-0.39, 0.29) is 0 Å². The Hall–Kier alpha value is -1.62. The highest BCUT2D eigenvalue weighted by Gasteiger charge is 2.29. The second-order valence-corrected chi connectivity index (χ2v) is 4.02. The molecule has 0 aromatic carbocycles. The van der Waals surface area contributed by atoms with Crippen LogP contribution in [0.25, 0.3) is 11.2 Å². The third kappa shape index (κ3) is 1.28. The second kappa shape index (κ2) is 3.45. The van der Waals surface area contributed by atoms with Crippen molar-refractivity contribution < 1.29 is 4.74 Å². The summed E-state index contributed by atoms with van der Waals surface area (Å²) in [5, 5.41) is 0. The molecule has 5 nitrogen and oxygen atoms in total. The van der Waals surface area contributed by atoms with Crippen molar-refractivity contribution in [2.75, 3.05) is 7.11 Å². The monoisotopic (exact) mass is 218 g/mol. The van der Waals surface area contributed by atoms with E-state index in [1.807, 2.05) is 6.07 Å². The van der Waals surface area contributed by atoms with Crippen LogP contribution in [0.2, 0.25) is 0 Å². The zero-order chi connectivity index (χ0) is 11.1. The first-order valence-corrected chi connectivity index (χ1v) is 5.45. The van der Waals surface area contributed by atoms with E-state index in [0.717, 1.165) is 22.7 Å². The number of nitrogens with two attached hydrogens (primary N) is 1. The summed E-state index contributed by atoms with van der Waals surface area (Å²) in [4.78, 5) is 8.90. The van der Waals surface area contributed by atoms with E-state index in [2.05, 4.69) is 14.5 Å². The van der Waals surface area contributed by atoms with Gasteiger partial charge >= 0.3 is 0 Å². The lowest BCUT2D eigenvalue weighted by Crippen LogP contribution is -2.07. The number of pyridine rings is 1. The highest BCUT2D eigenvalue weighted by Crippen LogP contribution is 2.39. The van der Waals surface area contributed by atoms with Gasteiger partial charge < -0.3 is 15.0 Å². The van der Waals surface area contributed by atoms with Crippen molar-refractivity contribution in [3.8, 4) is 5.75 Å². The first-order valence-electron chi connectivity index (χ1n) is 5.45. The number of hydrogen-bond acceptors (Lipinski definition) is 4. The molecule has 3 rings (SSSR count). The lowest BCUT2D eigenvalue weighted by Gasteiger charge is -2.04. The summed E-state index contributed by atoms with van der Waals surface area (Å²) < 4.78 is 7.43. The van der Waals surface area contributed by atoms with Crippen LogP contribution in [-0.4, -0.2) is 21.6 Å². The van der Waals surface area contributed by atoms with Gasteiger partial charge in [0.2, 0.25) is 0 Å². The first-order chi connectivity index (χ1) is 7.85. The van der Waals surface area contributed by atoms with Gasteiger partial charge in [-0.15, -0.1) is 0 Å². The van der Waals surface area contributed by atoms with Gasteiger partial charge in [0.25, 0.3) is 0 Å². The highest BCUT2D eigenvalue weighted by atomic mass is 16.5. The normalized spacial score (nSPS) is 15.6. The van der Waals surface area contributed by atoms with E-state index in [9.17, 15) is 0 Å². The zero-order valence-corrected chi connectivity index (χ0v) is 9.18. The molecule has 2 aromatic rings. The second-order valence-electron chi connectivity index (χ2n) is 4.02. The van der Waals surface area contributed by atoms with Gasteiger partial charge in [-0.2, -0.15) is 0 Å². The van der Waals surface area contributed by atoms with Crippen LogP contribution in [0.5, 0.6) is 5.75 Å². The summed E-state index contributed by atoms with van der Waals surface area (Å²) in [6, 6.07) is 2.36. The number of aromatic nitrogens is 3. The average Bonchev–Trinajstić information content (AvgIpc) is 3.08. The standard InChI is InChI=1S/C11H14N4O/c1-16-8-4-5-13-11-10(8)14-9(6-12)15(11)7-2-3-7/h4-5,7H,2-3,6,12H2,1H3. The van der Waals surface area contributed by atoms with Crippen LogP contribution in [0.1, 0.15) is 24.7 Å². The van der Waals surface area contributed by atoms with Crippen LogP contribution in [0.15, 0.2) is 12.3 Å². The third-order valence-corrected chi connectivity index (χ3v) is 2.93. The number of nitrogens with zero attached hydrogens (tertiary/aromatic N) is 3. The molecule has 0 spiro atoms. The number of methoxy groups -OCH3 is 1. The predicted molar refractivity (Wildman–Crippen MR) is 60.2 cm³/mol. The Morgan fingerprint density at radius 3 is 3.00 bits per heavy atom. The van der Waals surface area contributed by atoms with Crippen LogP contribution in [-0.2, 0) is 6.54 Å². The SMILES string of the molecule is COc1ccnc2c1nc(CN)n2C1CC1. The van der Waals surface area contributed by atoms with Gasteiger partial charge in [0.15, 0.2) is 5.65 Å². The maximum Gasteiger partial charge on any atom is 0.164 e. The van der Waals surface area contributed by atoms with Crippen LogP contribution >= 0.6 is 0 Å². The molecule has 5 heteroatoms. The molecule has 2 aromatic heterocycles. The Bertz CT molecular complexity index is 530. The van der Waals surface area contributed by atoms with Crippen molar-refractivity contribution in [2.45, 2.75) is 25.4 Å². The molecule has 2 heterocycles. The number of hydrogen-bond donors (Lipinski definition) is 1. The Morgan fingerprint density at radius 2 is 2.38 bits per heavy atom. The summed E-state index contributed by atoms with van der Waals surface area (Å²) >= 11 is 0. The molecule has 1 aliphatic rings. The molecule has 1 fully saturated rings. The van der Waals surface area contributed by atoms with Crippen LogP contribution in [0.4, 0.5) is 0 Å². The summed E-state index contributed by atoms with van der Waals surface area (Å²) in [5.74, 6) is 1.66. The van der Waals surface area contributed by atoms with Gasteiger partial charge in [0.1, 0.15) is 17.1 Å². The molecule has 16 heavy (non-hydrogen) atoms. The fourth-order valence-corrected chi connectivity index (χ4v) is 2.04. The fourth-order valence-electron chi connectivity index (χ4n) is 2.04. The van der Waals surface area contributed by atoms with Crippen molar-refractivity contribution in [1.82, 2.24) is 14.5 Å². The Morgan fingerprint density at radius 1 is 1.56 bits per heavy atom. The minimum Gasteiger partial charge on any atom is -0.494 e. The van der Waals surface area contributed by atoms with Crippen LogP contribution < -0.4 is 10.5 Å². The van der Waals surface area contributed by atoms with Gasteiger partial charge in [0, 0.05) is 18.3 Å². The van der Waals surface area contributed by atoms with E-state index >= 15 is 0 Å². The molecule has 0 aliphatic heterocycles. The molecule has 0 atom stereocenters. The van der Waals surface area contributed by atoms with Gasteiger partial charge in [-0.25, -0.2) is 9.97 Å². The lowest BCUT2D eigenvalue weighted by atomic mass is 10.4. The van der Waals surface area contributed by atoms with Gasteiger partial charge in [0.05, 0.1) is 13.7 Å². The topological polar surface area (TPSA) is 66.0 Å². The minimum absolute atomic E-state index is 0.440. The summed E-state index contributed by atoms with van der Waals surface area (Å²) in [6.45, 7) is 0.440. The van der Waals surface area contributed by atoms with Crippen LogP contribution in [0, 0.1) is 0 Å². The van der Waals surface area contributed by atoms with Gasteiger partial charge in [-0.05, 0) is 12.8 Å². The molecular weight excluding hydrogens is 204 g/mol. The van der Waals surface area contributed by atoms with E-state index in [1.54, 1.807) is 13.3 Å². The Kier molecular flexibility index (Phi) is 2.07. The molecule has 0 radical (unpaired) electrons. The molecule has 1 saturated carbocycles. The fraction of sp³-hybridized carbons (Fsp3) is 0.455. The number of fused-ring (bicyclic) bond motifs is 1. The molecular formula is C11H14N4O. The lowest BCUT2D eigenvalue weighted by molar-refractivity contribution is 0.418. The maximum absolute atomic E-state index is 5.72.